The van der Waals surface area contributed by atoms with Crippen molar-refractivity contribution in [3.05, 3.63) is 23.8 Å². The van der Waals surface area contributed by atoms with E-state index < -0.39 is 0 Å². The zero-order valence-electron chi connectivity index (χ0n) is 14.1. The van der Waals surface area contributed by atoms with Gasteiger partial charge >= 0.3 is 7.12 Å². The highest BCUT2D eigenvalue weighted by Gasteiger charge is 2.51. The van der Waals surface area contributed by atoms with Crippen molar-refractivity contribution in [1.29, 1.82) is 0 Å². The lowest BCUT2D eigenvalue weighted by atomic mass is 9.78. The Morgan fingerprint density at radius 3 is 2.32 bits per heavy atom. The van der Waals surface area contributed by atoms with Crippen LogP contribution in [0, 0.1) is 6.92 Å². The first-order valence-corrected chi connectivity index (χ1v) is 7.98. The standard InChI is InChI=1S/C17H24BNO3/c1-12-8-9-13(11-14(12)19-10-6-7-15(19)20)18-21-16(2,3)17(4,5)22-18/h8-9,11H,6-7,10H2,1-5H3. The van der Waals surface area contributed by atoms with Crippen molar-refractivity contribution < 1.29 is 14.1 Å². The van der Waals surface area contributed by atoms with Crippen LogP contribution < -0.4 is 10.4 Å². The number of rotatable bonds is 2. The molecule has 2 heterocycles. The third-order valence-electron chi connectivity index (χ3n) is 5.12. The van der Waals surface area contributed by atoms with Crippen LogP contribution in [0.15, 0.2) is 18.2 Å². The van der Waals surface area contributed by atoms with E-state index in [1.807, 2.05) is 57.7 Å². The van der Waals surface area contributed by atoms with E-state index in [-0.39, 0.29) is 24.2 Å². The summed E-state index contributed by atoms with van der Waals surface area (Å²) in [5, 5.41) is 0. The van der Waals surface area contributed by atoms with Gasteiger partial charge in [0.05, 0.1) is 11.2 Å². The van der Waals surface area contributed by atoms with E-state index >= 15 is 0 Å². The maximum atomic E-state index is 12.0. The average Bonchev–Trinajstić information content (AvgIpc) is 2.92. The van der Waals surface area contributed by atoms with Crippen molar-refractivity contribution in [3.63, 3.8) is 0 Å². The molecule has 0 spiro atoms. The molecule has 1 aromatic carbocycles. The molecule has 2 aliphatic heterocycles. The topological polar surface area (TPSA) is 38.8 Å². The van der Waals surface area contributed by atoms with Crippen molar-refractivity contribution in [3.8, 4) is 0 Å². The van der Waals surface area contributed by atoms with E-state index in [1.165, 1.54) is 0 Å². The second-order valence-electron chi connectivity index (χ2n) is 7.28. The summed E-state index contributed by atoms with van der Waals surface area (Å²) in [4.78, 5) is 13.9. The van der Waals surface area contributed by atoms with Crippen LogP contribution in [0.1, 0.15) is 46.1 Å². The number of nitrogens with zero attached hydrogens (tertiary/aromatic N) is 1. The largest absolute Gasteiger partial charge is 0.494 e. The molecule has 118 valence electrons. The maximum absolute atomic E-state index is 12.0. The Balaban J connectivity index is 1.92. The third-order valence-corrected chi connectivity index (χ3v) is 5.12. The molecule has 0 unspecified atom stereocenters. The Bertz CT molecular complexity index is 596. The maximum Gasteiger partial charge on any atom is 0.494 e. The zero-order valence-corrected chi connectivity index (χ0v) is 14.1. The Hall–Kier alpha value is -1.33. The highest BCUT2D eigenvalue weighted by molar-refractivity contribution is 6.62. The SMILES string of the molecule is Cc1ccc(B2OC(C)(C)C(C)(C)O2)cc1N1CCCC1=O. The van der Waals surface area contributed by atoms with E-state index in [1.54, 1.807) is 0 Å². The second kappa shape index (κ2) is 5.10. The van der Waals surface area contributed by atoms with E-state index in [4.69, 9.17) is 9.31 Å². The van der Waals surface area contributed by atoms with Gasteiger partial charge in [-0.25, -0.2) is 0 Å². The molecule has 5 heteroatoms. The molecule has 0 bridgehead atoms. The normalized spacial score (nSPS) is 23.4. The van der Waals surface area contributed by atoms with Gasteiger partial charge < -0.3 is 14.2 Å². The van der Waals surface area contributed by atoms with Crippen LogP contribution in [0.5, 0.6) is 0 Å². The second-order valence-corrected chi connectivity index (χ2v) is 7.28. The molecule has 1 aromatic rings. The summed E-state index contributed by atoms with van der Waals surface area (Å²) in [6.07, 6.45) is 1.57. The summed E-state index contributed by atoms with van der Waals surface area (Å²) >= 11 is 0. The molecule has 2 aliphatic rings. The number of benzene rings is 1. The average molecular weight is 301 g/mol. The lowest BCUT2D eigenvalue weighted by Crippen LogP contribution is -2.41. The Kier molecular flexibility index (Phi) is 3.61. The third kappa shape index (κ3) is 2.46. The molecule has 0 saturated carbocycles. The van der Waals surface area contributed by atoms with Crippen LogP contribution in [0.25, 0.3) is 0 Å². The molecule has 3 rings (SSSR count). The Labute approximate surface area is 132 Å². The minimum absolute atomic E-state index is 0.203. The number of aryl methyl sites for hydroxylation is 1. The number of anilines is 1. The molecule has 0 aliphatic carbocycles. The van der Waals surface area contributed by atoms with Crippen LogP contribution in [-0.2, 0) is 14.1 Å². The Morgan fingerprint density at radius 2 is 1.77 bits per heavy atom. The van der Waals surface area contributed by atoms with Crippen LogP contribution >= 0.6 is 0 Å². The number of amides is 1. The predicted octanol–water partition coefficient (Wildman–Crippen LogP) is 2.42. The van der Waals surface area contributed by atoms with Gasteiger partial charge in [-0.15, -0.1) is 0 Å². The molecule has 0 aromatic heterocycles. The van der Waals surface area contributed by atoms with Gasteiger partial charge in [-0.1, -0.05) is 12.1 Å². The quantitative estimate of drug-likeness (QED) is 0.788. The van der Waals surface area contributed by atoms with Gasteiger partial charge in [0.1, 0.15) is 0 Å². The first-order valence-electron chi connectivity index (χ1n) is 7.98. The lowest BCUT2D eigenvalue weighted by Gasteiger charge is -2.32. The number of hydrogen-bond donors (Lipinski definition) is 0. The molecule has 0 N–H and O–H groups in total. The number of hydrogen-bond acceptors (Lipinski definition) is 3. The molecule has 2 fully saturated rings. The van der Waals surface area contributed by atoms with Gasteiger partial charge in [-0.3, -0.25) is 4.79 Å². The summed E-state index contributed by atoms with van der Waals surface area (Å²) in [6.45, 7) is 11.0. The molecule has 22 heavy (non-hydrogen) atoms. The summed E-state index contributed by atoms with van der Waals surface area (Å²) < 4.78 is 12.2. The molecule has 0 atom stereocenters. The fraction of sp³-hybridized carbons (Fsp3) is 0.588. The van der Waals surface area contributed by atoms with Crippen LogP contribution in [0.4, 0.5) is 5.69 Å². The highest BCUT2D eigenvalue weighted by atomic mass is 16.7. The number of carbonyl (C=O) groups is 1. The van der Waals surface area contributed by atoms with Crippen molar-refractivity contribution in [2.45, 2.75) is 58.7 Å². The fourth-order valence-electron chi connectivity index (χ4n) is 2.95. The van der Waals surface area contributed by atoms with Gasteiger partial charge in [-0.2, -0.15) is 0 Å². The summed E-state index contributed by atoms with van der Waals surface area (Å²) in [5.74, 6) is 0.203. The lowest BCUT2D eigenvalue weighted by molar-refractivity contribution is -0.117. The van der Waals surface area contributed by atoms with E-state index in [2.05, 4.69) is 0 Å². The van der Waals surface area contributed by atoms with E-state index in [9.17, 15) is 4.79 Å². The molecular formula is C17H24BNO3. The minimum atomic E-state index is -0.387. The monoisotopic (exact) mass is 301 g/mol. The van der Waals surface area contributed by atoms with Gasteiger partial charge in [0.2, 0.25) is 5.91 Å². The minimum Gasteiger partial charge on any atom is -0.399 e. The smallest absolute Gasteiger partial charge is 0.399 e. The van der Waals surface area contributed by atoms with E-state index in [0.29, 0.717) is 6.42 Å². The summed E-state index contributed by atoms with van der Waals surface area (Å²) in [5.41, 5.74) is 2.35. The molecule has 0 radical (unpaired) electrons. The van der Waals surface area contributed by atoms with Crippen LogP contribution in [0.2, 0.25) is 0 Å². The molecule has 1 amide bonds. The predicted molar refractivity (Wildman–Crippen MR) is 88.5 cm³/mol. The van der Waals surface area contributed by atoms with Crippen molar-refractivity contribution in [2.24, 2.45) is 0 Å². The molecule has 2 saturated heterocycles. The van der Waals surface area contributed by atoms with Gasteiger partial charge in [-0.05, 0) is 58.1 Å². The van der Waals surface area contributed by atoms with Crippen molar-refractivity contribution in [1.82, 2.24) is 0 Å². The number of carbonyl (C=O) groups excluding carboxylic acids is 1. The Morgan fingerprint density at radius 1 is 1.14 bits per heavy atom. The fourth-order valence-corrected chi connectivity index (χ4v) is 2.95. The van der Waals surface area contributed by atoms with Gasteiger partial charge in [0.25, 0.3) is 0 Å². The first-order chi connectivity index (χ1) is 10.2. The summed E-state index contributed by atoms with van der Waals surface area (Å²) in [7, 11) is -0.387. The summed E-state index contributed by atoms with van der Waals surface area (Å²) in [6, 6.07) is 6.11. The van der Waals surface area contributed by atoms with Crippen LogP contribution in [-0.4, -0.2) is 30.8 Å². The van der Waals surface area contributed by atoms with E-state index in [0.717, 1.165) is 29.7 Å². The first kappa shape index (κ1) is 15.6. The van der Waals surface area contributed by atoms with Gasteiger partial charge in [0, 0.05) is 18.7 Å². The van der Waals surface area contributed by atoms with Crippen LogP contribution in [0.3, 0.4) is 0 Å². The highest BCUT2D eigenvalue weighted by Crippen LogP contribution is 2.37. The zero-order chi connectivity index (χ0) is 16.1. The van der Waals surface area contributed by atoms with Gasteiger partial charge in [0.15, 0.2) is 0 Å². The van der Waals surface area contributed by atoms with Crippen molar-refractivity contribution >= 4 is 24.2 Å². The van der Waals surface area contributed by atoms with Crippen molar-refractivity contribution in [2.75, 3.05) is 11.4 Å². The molecule has 4 nitrogen and oxygen atoms in total. The molecular weight excluding hydrogens is 277 g/mol.